The lowest BCUT2D eigenvalue weighted by molar-refractivity contribution is 0.606. The zero-order valence-corrected chi connectivity index (χ0v) is 13.7. The van der Waals surface area contributed by atoms with Crippen molar-refractivity contribution in [1.82, 2.24) is 14.5 Å². The first-order valence-electron chi connectivity index (χ1n) is 6.15. The number of aromatic nitrogens is 3. The van der Waals surface area contributed by atoms with Crippen LogP contribution < -0.4 is 5.56 Å². The maximum atomic E-state index is 12.6. The van der Waals surface area contributed by atoms with Crippen LogP contribution in [0.2, 0.25) is 0 Å². The third kappa shape index (κ3) is 2.06. The third-order valence-corrected chi connectivity index (χ3v) is 5.69. The van der Waals surface area contributed by atoms with Crippen LogP contribution in [0, 0.1) is 18.6 Å². The molecule has 7 heteroatoms. The molecule has 0 aliphatic carbocycles. The highest BCUT2D eigenvalue weighted by atomic mass is 32.1. The van der Waals surface area contributed by atoms with Crippen LogP contribution in [0.1, 0.15) is 28.5 Å². The normalized spacial score (nSPS) is 12.9. The summed E-state index contributed by atoms with van der Waals surface area (Å²) in [6.07, 6.45) is 0. The average Bonchev–Trinajstić information content (AvgIpc) is 2.95. The Labute approximate surface area is 128 Å². The van der Waals surface area contributed by atoms with Gasteiger partial charge in [-0.05, 0) is 44.4 Å². The molecule has 20 heavy (non-hydrogen) atoms. The van der Waals surface area contributed by atoms with Crippen molar-refractivity contribution < 1.29 is 0 Å². The first kappa shape index (κ1) is 13.7. The summed E-state index contributed by atoms with van der Waals surface area (Å²) < 4.78 is 2.82. The van der Waals surface area contributed by atoms with Crippen LogP contribution in [0.5, 0.6) is 0 Å². The van der Waals surface area contributed by atoms with E-state index in [1.165, 1.54) is 11.3 Å². The van der Waals surface area contributed by atoms with Gasteiger partial charge in [-0.3, -0.25) is 9.36 Å². The van der Waals surface area contributed by atoms with E-state index in [1.54, 1.807) is 15.9 Å². The molecule has 0 amide bonds. The van der Waals surface area contributed by atoms with Crippen LogP contribution in [0.15, 0.2) is 16.2 Å². The maximum Gasteiger partial charge on any atom is 0.272 e. The summed E-state index contributed by atoms with van der Waals surface area (Å²) in [6, 6.07) is 1.78. The summed E-state index contributed by atoms with van der Waals surface area (Å²) in [5.41, 5.74) is 1.75. The molecule has 1 unspecified atom stereocenters. The largest absolute Gasteiger partial charge is 0.331 e. The fraction of sp³-hybridized carbons (Fsp3) is 0.308. The van der Waals surface area contributed by atoms with E-state index in [9.17, 15) is 4.79 Å². The van der Waals surface area contributed by atoms with Crippen molar-refractivity contribution in [3.05, 3.63) is 42.1 Å². The summed E-state index contributed by atoms with van der Waals surface area (Å²) >= 11 is 8.41. The molecule has 3 aromatic heterocycles. The monoisotopic (exact) mass is 323 g/mol. The van der Waals surface area contributed by atoms with E-state index in [4.69, 9.17) is 12.2 Å². The van der Waals surface area contributed by atoms with Gasteiger partial charge in [-0.2, -0.15) is 0 Å². The lowest BCUT2D eigenvalue weighted by Crippen LogP contribution is -2.25. The molecule has 3 aromatic rings. The molecular formula is C13H13N3OS3. The molecule has 0 spiro atoms. The van der Waals surface area contributed by atoms with Gasteiger partial charge in [0.05, 0.1) is 27.1 Å². The minimum Gasteiger partial charge on any atom is -0.331 e. The Morgan fingerprint density at radius 2 is 2.20 bits per heavy atom. The van der Waals surface area contributed by atoms with Crippen molar-refractivity contribution in [2.75, 3.05) is 0 Å². The Bertz CT molecular complexity index is 900. The minimum absolute atomic E-state index is 0.0308. The van der Waals surface area contributed by atoms with E-state index in [-0.39, 0.29) is 11.6 Å². The number of nitrogens with zero attached hydrogens (tertiary/aromatic N) is 2. The molecule has 4 nitrogen and oxygen atoms in total. The summed E-state index contributed by atoms with van der Waals surface area (Å²) in [6.45, 7) is 5.93. The van der Waals surface area contributed by atoms with Gasteiger partial charge in [-0.25, -0.2) is 4.98 Å². The number of hydrogen-bond acceptors (Lipinski definition) is 5. The van der Waals surface area contributed by atoms with Gasteiger partial charge in [-0.15, -0.1) is 22.7 Å². The molecular weight excluding hydrogens is 310 g/mol. The Balaban J connectivity index is 2.26. The predicted molar refractivity (Wildman–Crippen MR) is 86.7 cm³/mol. The molecule has 1 atom stereocenters. The van der Waals surface area contributed by atoms with Gasteiger partial charge >= 0.3 is 0 Å². The van der Waals surface area contributed by atoms with Crippen LogP contribution in [0.3, 0.4) is 0 Å². The molecule has 104 valence electrons. The van der Waals surface area contributed by atoms with Gasteiger partial charge < -0.3 is 4.98 Å². The molecule has 0 saturated heterocycles. The number of nitrogens with one attached hydrogen (secondary N) is 1. The summed E-state index contributed by atoms with van der Waals surface area (Å²) in [4.78, 5) is 21.3. The number of rotatable bonds is 2. The Morgan fingerprint density at radius 1 is 1.45 bits per heavy atom. The molecule has 0 fully saturated rings. The minimum atomic E-state index is -0.107. The standard InChI is InChI=1S/C13H13N3OS3/c1-6-10(20-8(3)14-6)7(2)16-12(17)11-9(4-5-19-11)15-13(16)18/h4-5,7H,1-3H3,(H,15,18). The van der Waals surface area contributed by atoms with Gasteiger partial charge in [0.25, 0.3) is 5.56 Å². The van der Waals surface area contributed by atoms with Crippen LogP contribution in [-0.4, -0.2) is 14.5 Å². The van der Waals surface area contributed by atoms with E-state index in [0.717, 1.165) is 21.1 Å². The van der Waals surface area contributed by atoms with Crippen molar-refractivity contribution in [3.8, 4) is 0 Å². The topological polar surface area (TPSA) is 50.7 Å². The zero-order valence-electron chi connectivity index (χ0n) is 11.3. The molecule has 0 aliphatic rings. The number of thiophene rings is 1. The van der Waals surface area contributed by atoms with Crippen molar-refractivity contribution in [2.24, 2.45) is 0 Å². The van der Waals surface area contributed by atoms with Gasteiger partial charge in [0, 0.05) is 0 Å². The second-order valence-electron chi connectivity index (χ2n) is 4.63. The van der Waals surface area contributed by atoms with E-state index in [2.05, 4.69) is 9.97 Å². The summed E-state index contributed by atoms with van der Waals surface area (Å²) in [7, 11) is 0. The molecule has 3 rings (SSSR count). The second-order valence-corrected chi connectivity index (χ2v) is 7.16. The molecule has 0 saturated carbocycles. The zero-order chi connectivity index (χ0) is 14.4. The average molecular weight is 323 g/mol. The van der Waals surface area contributed by atoms with Crippen molar-refractivity contribution in [3.63, 3.8) is 0 Å². The van der Waals surface area contributed by atoms with Crippen molar-refractivity contribution in [1.29, 1.82) is 0 Å². The Hall–Kier alpha value is -1.31. The number of H-pyrrole nitrogens is 1. The Morgan fingerprint density at radius 3 is 2.85 bits per heavy atom. The lowest BCUT2D eigenvalue weighted by Gasteiger charge is -2.14. The highest BCUT2D eigenvalue weighted by molar-refractivity contribution is 7.71. The van der Waals surface area contributed by atoms with Gasteiger partial charge in [-0.1, -0.05) is 0 Å². The highest BCUT2D eigenvalue weighted by Crippen LogP contribution is 2.27. The fourth-order valence-corrected chi connectivity index (χ4v) is 4.46. The number of thiazole rings is 1. The van der Waals surface area contributed by atoms with Crippen molar-refractivity contribution in [2.45, 2.75) is 26.8 Å². The second kappa shape index (κ2) is 4.91. The van der Waals surface area contributed by atoms with Crippen LogP contribution in [-0.2, 0) is 0 Å². The molecule has 1 N–H and O–H groups in total. The van der Waals surface area contributed by atoms with E-state index >= 15 is 0 Å². The Kier molecular flexibility index (Phi) is 3.35. The fourth-order valence-electron chi connectivity index (χ4n) is 2.35. The van der Waals surface area contributed by atoms with E-state index in [0.29, 0.717) is 9.47 Å². The van der Waals surface area contributed by atoms with Gasteiger partial charge in [0.15, 0.2) is 4.77 Å². The third-order valence-electron chi connectivity index (χ3n) is 3.24. The predicted octanol–water partition coefficient (Wildman–Crippen LogP) is 3.80. The molecule has 3 heterocycles. The van der Waals surface area contributed by atoms with Crippen LogP contribution in [0.25, 0.3) is 10.2 Å². The first-order chi connectivity index (χ1) is 9.49. The van der Waals surface area contributed by atoms with Crippen molar-refractivity contribution >= 4 is 45.1 Å². The number of hydrogen-bond donors (Lipinski definition) is 1. The number of fused-ring (bicyclic) bond motifs is 1. The van der Waals surface area contributed by atoms with Gasteiger partial charge in [0.2, 0.25) is 0 Å². The molecule has 0 aromatic carbocycles. The molecule has 0 aliphatic heterocycles. The SMILES string of the molecule is Cc1nc(C)c(C(C)n2c(=S)[nH]c3ccsc3c2=O)s1. The summed E-state index contributed by atoms with van der Waals surface area (Å²) in [5, 5.41) is 2.90. The lowest BCUT2D eigenvalue weighted by atomic mass is 10.2. The molecule has 0 radical (unpaired) electrons. The van der Waals surface area contributed by atoms with Crippen LogP contribution in [0.4, 0.5) is 0 Å². The van der Waals surface area contributed by atoms with Crippen LogP contribution >= 0.6 is 34.9 Å². The summed E-state index contributed by atoms with van der Waals surface area (Å²) in [5.74, 6) is 0. The molecule has 0 bridgehead atoms. The number of aromatic amines is 1. The first-order valence-corrected chi connectivity index (χ1v) is 8.25. The quantitative estimate of drug-likeness (QED) is 0.730. The van der Waals surface area contributed by atoms with E-state index < -0.39 is 0 Å². The van der Waals surface area contributed by atoms with Gasteiger partial charge in [0.1, 0.15) is 4.70 Å². The smallest absolute Gasteiger partial charge is 0.272 e. The highest BCUT2D eigenvalue weighted by Gasteiger charge is 2.18. The van der Waals surface area contributed by atoms with E-state index in [1.807, 2.05) is 32.2 Å². The maximum absolute atomic E-state index is 12.6. The number of aryl methyl sites for hydroxylation is 2.